The Morgan fingerprint density at radius 3 is 2.68 bits per heavy atom. The smallest absolute Gasteiger partial charge is 0.227 e. The van der Waals surface area contributed by atoms with Gasteiger partial charge in [0.1, 0.15) is 5.52 Å². The SMILES string of the molecule is O=C(Nc1ccc2oc(-c3ccc(Cl)cc3)nc2c1)C1CC1. The van der Waals surface area contributed by atoms with Crippen molar-refractivity contribution in [3.8, 4) is 11.5 Å². The van der Waals surface area contributed by atoms with Crippen molar-refractivity contribution in [3.05, 3.63) is 47.5 Å². The fourth-order valence-corrected chi connectivity index (χ4v) is 2.44. The second-order valence-corrected chi connectivity index (χ2v) is 5.91. The van der Waals surface area contributed by atoms with Gasteiger partial charge >= 0.3 is 0 Å². The van der Waals surface area contributed by atoms with Crippen LogP contribution in [0.1, 0.15) is 12.8 Å². The van der Waals surface area contributed by atoms with E-state index in [0.717, 1.165) is 29.6 Å². The van der Waals surface area contributed by atoms with Gasteiger partial charge in [0.05, 0.1) is 0 Å². The van der Waals surface area contributed by atoms with E-state index >= 15 is 0 Å². The van der Waals surface area contributed by atoms with E-state index in [-0.39, 0.29) is 11.8 Å². The minimum absolute atomic E-state index is 0.0840. The number of halogens is 1. The topological polar surface area (TPSA) is 55.1 Å². The maximum absolute atomic E-state index is 11.8. The first-order valence-corrected chi connectivity index (χ1v) is 7.54. The molecule has 110 valence electrons. The summed E-state index contributed by atoms with van der Waals surface area (Å²) in [5.74, 6) is 0.802. The van der Waals surface area contributed by atoms with E-state index in [2.05, 4.69) is 10.3 Å². The fraction of sp³-hybridized carbons (Fsp3) is 0.176. The molecule has 1 saturated carbocycles. The summed E-state index contributed by atoms with van der Waals surface area (Å²) in [6, 6.07) is 12.8. The van der Waals surface area contributed by atoms with Crippen LogP contribution < -0.4 is 5.32 Å². The lowest BCUT2D eigenvalue weighted by molar-refractivity contribution is -0.117. The zero-order chi connectivity index (χ0) is 15.1. The lowest BCUT2D eigenvalue weighted by atomic mass is 10.2. The Morgan fingerprint density at radius 1 is 1.18 bits per heavy atom. The number of nitrogens with zero attached hydrogens (tertiary/aromatic N) is 1. The van der Waals surface area contributed by atoms with Gasteiger partial charge in [0.15, 0.2) is 5.58 Å². The molecule has 1 aromatic heterocycles. The molecule has 2 aromatic carbocycles. The zero-order valence-electron chi connectivity index (χ0n) is 11.7. The van der Waals surface area contributed by atoms with Crippen LogP contribution in [0.15, 0.2) is 46.9 Å². The highest BCUT2D eigenvalue weighted by atomic mass is 35.5. The average molecular weight is 313 g/mol. The van der Waals surface area contributed by atoms with Gasteiger partial charge in [-0.05, 0) is 55.3 Å². The molecule has 1 fully saturated rings. The predicted octanol–water partition coefficient (Wildman–Crippen LogP) is 4.50. The fourth-order valence-electron chi connectivity index (χ4n) is 2.31. The van der Waals surface area contributed by atoms with Gasteiger partial charge in [-0.1, -0.05) is 11.6 Å². The number of oxazole rings is 1. The molecule has 4 nitrogen and oxygen atoms in total. The highest BCUT2D eigenvalue weighted by molar-refractivity contribution is 6.30. The van der Waals surface area contributed by atoms with Gasteiger partial charge in [-0.25, -0.2) is 4.98 Å². The second-order valence-electron chi connectivity index (χ2n) is 5.47. The predicted molar refractivity (Wildman–Crippen MR) is 85.8 cm³/mol. The van der Waals surface area contributed by atoms with Crippen LogP contribution in [0.2, 0.25) is 5.02 Å². The van der Waals surface area contributed by atoms with Crippen LogP contribution in [0.3, 0.4) is 0 Å². The molecule has 5 heteroatoms. The Morgan fingerprint density at radius 2 is 1.95 bits per heavy atom. The Hall–Kier alpha value is -2.33. The third-order valence-corrected chi connectivity index (χ3v) is 3.95. The first kappa shape index (κ1) is 13.3. The number of fused-ring (bicyclic) bond motifs is 1. The summed E-state index contributed by atoms with van der Waals surface area (Å²) in [5.41, 5.74) is 3.03. The summed E-state index contributed by atoms with van der Waals surface area (Å²) >= 11 is 5.89. The molecule has 4 rings (SSSR count). The standard InChI is InChI=1S/C17H13ClN2O2/c18-12-5-3-11(4-6-12)17-20-14-9-13(7-8-15(14)22-17)19-16(21)10-1-2-10/h3-10H,1-2H2,(H,19,21). The third-order valence-electron chi connectivity index (χ3n) is 3.69. The van der Waals surface area contributed by atoms with Crippen molar-refractivity contribution in [1.82, 2.24) is 4.98 Å². The van der Waals surface area contributed by atoms with Gasteiger partial charge in [-0.2, -0.15) is 0 Å². The van der Waals surface area contributed by atoms with Gasteiger partial charge in [0.25, 0.3) is 0 Å². The van der Waals surface area contributed by atoms with Crippen molar-refractivity contribution in [2.45, 2.75) is 12.8 Å². The summed E-state index contributed by atoms with van der Waals surface area (Å²) in [6.45, 7) is 0. The van der Waals surface area contributed by atoms with Crippen LogP contribution >= 0.6 is 11.6 Å². The largest absolute Gasteiger partial charge is 0.436 e. The van der Waals surface area contributed by atoms with Crippen LogP contribution in [-0.4, -0.2) is 10.9 Å². The molecular formula is C17H13ClN2O2. The summed E-state index contributed by atoms with van der Waals surface area (Å²) < 4.78 is 5.75. The van der Waals surface area contributed by atoms with E-state index in [9.17, 15) is 4.79 Å². The van der Waals surface area contributed by atoms with Crippen molar-refractivity contribution >= 4 is 34.3 Å². The van der Waals surface area contributed by atoms with Crippen LogP contribution in [0.5, 0.6) is 0 Å². The van der Waals surface area contributed by atoms with E-state index in [1.807, 2.05) is 30.3 Å². The second kappa shape index (κ2) is 5.14. The Bertz CT molecular complexity index is 851. The molecule has 0 unspecified atom stereocenters. The number of nitrogens with one attached hydrogen (secondary N) is 1. The maximum Gasteiger partial charge on any atom is 0.227 e. The number of rotatable bonds is 3. The lowest BCUT2D eigenvalue weighted by Gasteiger charge is -2.02. The highest BCUT2D eigenvalue weighted by Gasteiger charge is 2.29. The van der Waals surface area contributed by atoms with Crippen LogP contribution in [-0.2, 0) is 4.79 Å². The Labute approximate surface area is 132 Å². The molecule has 22 heavy (non-hydrogen) atoms. The maximum atomic E-state index is 11.8. The monoisotopic (exact) mass is 312 g/mol. The number of carbonyl (C=O) groups excluding carboxylic acids is 1. The van der Waals surface area contributed by atoms with E-state index in [0.29, 0.717) is 16.5 Å². The quantitative estimate of drug-likeness (QED) is 0.775. The highest BCUT2D eigenvalue weighted by Crippen LogP contribution is 2.31. The molecule has 0 spiro atoms. The van der Waals surface area contributed by atoms with Crippen LogP contribution in [0.25, 0.3) is 22.6 Å². The molecule has 0 radical (unpaired) electrons. The minimum atomic E-state index is 0.0840. The number of benzene rings is 2. The Kier molecular flexibility index (Phi) is 3.12. The number of hydrogen-bond acceptors (Lipinski definition) is 3. The third kappa shape index (κ3) is 2.57. The molecule has 0 atom stereocenters. The van der Waals surface area contributed by atoms with Crippen LogP contribution in [0, 0.1) is 5.92 Å². The number of carbonyl (C=O) groups is 1. The first-order valence-electron chi connectivity index (χ1n) is 7.16. The normalized spacial score (nSPS) is 14.2. The molecule has 3 aromatic rings. The van der Waals surface area contributed by atoms with Gasteiger partial charge in [-0.15, -0.1) is 0 Å². The van der Waals surface area contributed by atoms with E-state index in [4.69, 9.17) is 16.0 Å². The van der Waals surface area contributed by atoms with Gasteiger partial charge in [0, 0.05) is 22.2 Å². The van der Waals surface area contributed by atoms with Crippen molar-refractivity contribution in [2.24, 2.45) is 5.92 Å². The van der Waals surface area contributed by atoms with Gasteiger partial charge in [0.2, 0.25) is 11.8 Å². The summed E-state index contributed by atoms with van der Waals surface area (Å²) in [5, 5.41) is 3.59. The molecule has 1 N–H and O–H groups in total. The molecule has 1 heterocycles. The van der Waals surface area contributed by atoms with E-state index in [1.54, 1.807) is 12.1 Å². The number of amides is 1. The average Bonchev–Trinajstić information content (AvgIpc) is 3.28. The summed E-state index contributed by atoms with van der Waals surface area (Å²) in [4.78, 5) is 16.3. The molecule has 1 aliphatic carbocycles. The minimum Gasteiger partial charge on any atom is -0.436 e. The summed E-state index contributed by atoms with van der Waals surface area (Å²) in [7, 11) is 0. The zero-order valence-corrected chi connectivity index (χ0v) is 12.4. The molecule has 0 aliphatic heterocycles. The van der Waals surface area contributed by atoms with Crippen LogP contribution in [0.4, 0.5) is 5.69 Å². The molecule has 1 amide bonds. The number of aromatic nitrogens is 1. The number of hydrogen-bond donors (Lipinski definition) is 1. The van der Waals surface area contributed by atoms with Crippen molar-refractivity contribution in [1.29, 1.82) is 0 Å². The molecule has 0 saturated heterocycles. The van der Waals surface area contributed by atoms with Crippen molar-refractivity contribution in [2.75, 3.05) is 5.32 Å². The van der Waals surface area contributed by atoms with Gasteiger partial charge in [-0.3, -0.25) is 4.79 Å². The van der Waals surface area contributed by atoms with Crippen molar-refractivity contribution in [3.63, 3.8) is 0 Å². The molecule has 0 bridgehead atoms. The Balaban J connectivity index is 1.65. The molecule has 1 aliphatic rings. The van der Waals surface area contributed by atoms with Crippen molar-refractivity contribution < 1.29 is 9.21 Å². The number of anilines is 1. The summed E-state index contributed by atoms with van der Waals surface area (Å²) in [6.07, 6.45) is 1.97. The lowest BCUT2D eigenvalue weighted by Crippen LogP contribution is -2.12. The molecular weight excluding hydrogens is 300 g/mol. The van der Waals surface area contributed by atoms with E-state index in [1.165, 1.54) is 0 Å². The first-order chi connectivity index (χ1) is 10.7. The van der Waals surface area contributed by atoms with E-state index < -0.39 is 0 Å². The van der Waals surface area contributed by atoms with Gasteiger partial charge < -0.3 is 9.73 Å².